The molecule has 1 aliphatic carbocycles. The van der Waals surface area contributed by atoms with Crippen molar-refractivity contribution in [3.8, 4) is 0 Å². The molecule has 0 aromatic carbocycles. The summed E-state index contributed by atoms with van der Waals surface area (Å²) in [4.78, 5) is 15.8. The summed E-state index contributed by atoms with van der Waals surface area (Å²) in [5.41, 5.74) is 6.05. The van der Waals surface area contributed by atoms with Gasteiger partial charge in [0.05, 0.1) is 22.9 Å². The molecule has 0 radical (unpaired) electrons. The molecule has 1 aromatic rings. The van der Waals surface area contributed by atoms with E-state index in [0.717, 1.165) is 29.8 Å². The maximum absolute atomic E-state index is 14.2. The van der Waals surface area contributed by atoms with Crippen LogP contribution in [0.15, 0.2) is 23.7 Å². The van der Waals surface area contributed by atoms with Gasteiger partial charge in [-0.3, -0.25) is 20.1 Å². The number of ether oxygens (including phenoxy) is 1. The van der Waals surface area contributed by atoms with E-state index in [-0.39, 0.29) is 28.0 Å². The highest BCUT2D eigenvalue weighted by atomic mass is 127. The molecule has 1 aromatic heterocycles. The molecule has 29 heavy (non-hydrogen) atoms. The predicted octanol–water partition coefficient (Wildman–Crippen LogP) is 3.40. The third-order valence-electron chi connectivity index (χ3n) is 4.63. The average Bonchev–Trinajstić information content (AvgIpc) is 3.46. The number of nitrogens with one attached hydrogen (secondary N) is 1. The predicted molar refractivity (Wildman–Crippen MR) is 120 cm³/mol. The summed E-state index contributed by atoms with van der Waals surface area (Å²) < 4.78 is 24.8. The second-order valence-corrected chi connectivity index (χ2v) is 10.1. The molecule has 0 saturated heterocycles. The number of nitro groups is 1. The van der Waals surface area contributed by atoms with E-state index in [1.54, 1.807) is 18.3 Å². The highest BCUT2D eigenvalue weighted by molar-refractivity contribution is 14.1. The number of hydrazine groups is 1. The fraction of sp³-hybridized carbons (Fsp3) is 0.588. The van der Waals surface area contributed by atoms with Gasteiger partial charge in [0.1, 0.15) is 11.9 Å². The van der Waals surface area contributed by atoms with Crippen molar-refractivity contribution < 1.29 is 18.7 Å². The van der Waals surface area contributed by atoms with Crippen molar-refractivity contribution in [2.75, 3.05) is 24.5 Å². The molecular formula is C17H23BFIN4O4S. The topological polar surface area (TPSA) is 89.8 Å². The first-order chi connectivity index (χ1) is 13.8. The number of hydrogen-bond donors (Lipinski definition) is 1. The molecule has 2 unspecified atom stereocenters. The summed E-state index contributed by atoms with van der Waals surface area (Å²) in [6.07, 6.45) is 1.24. The van der Waals surface area contributed by atoms with Gasteiger partial charge in [-0.15, -0.1) is 0 Å². The molecule has 3 rings (SSSR count). The van der Waals surface area contributed by atoms with Crippen LogP contribution in [0.25, 0.3) is 0 Å². The monoisotopic (exact) mass is 536 g/mol. The summed E-state index contributed by atoms with van der Waals surface area (Å²) in [5.74, 6) is 0.279. The maximum atomic E-state index is 14.2. The van der Waals surface area contributed by atoms with Gasteiger partial charge in [0.15, 0.2) is 0 Å². The van der Waals surface area contributed by atoms with E-state index in [4.69, 9.17) is 9.39 Å². The Morgan fingerprint density at radius 3 is 2.90 bits per heavy atom. The summed E-state index contributed by atoms with van der Waals surface area (Å²) in [6.45, 7) is 3.53. The lowest BCUT2D eigenvalue weighted by Gasteiger charge is -2.24. The zero-order valence-corrected chi connectivity index (χ0v) is 19.4. The lowest BCUT2D eigenvalue weighted by molar-refractivity contribution is -0.437. The van der Waals surface area contributed by atoms with E-state index in [1.807, 2.05) is 19.9 Å². The van der Waals surface area contributed by atoms with Gasteiger partial charge >= 0.3 is 9.75 Å². The standard InChI is InChI=1S/C17H23BFIN4O4S/c1-10-6-14(11(2)21-7-10)23-15(12-4-5-12)16(24(25)26)17(22-23)28-8-13(19)9-29-18(20)27-3/h6-7,12-13,17,22H,4-5,8-9H2,1-3H3. The minimum atomic E-state index is -1.26. The number of alkyl halides is 1. The second-order valence-electron chi connectivity index (χ2n) is 7.04. The van der Waals surface area contributed by atoms with Gasteiger partial charge < -0.3 is 9.39 Å². The van der Waals surface area contributed by atoms with E-state index in [2.05, 4.69) is 32.8 Å². The molecule has 1 saturated carbocycles. The van der Waals surface area contributed by atoms with Crippen LogP contribution in [-0.4, -0.2) is 45.8 Å². The van der Waals surface area contributed by atoms with Gasteiger partial charge in [0.25, 0.3) is 0 Å². The Bertz CT molecular complexity index is 801. The number of pyridine rings is 1. The molecule has 0 spiro atoms. The summed E-state index contributed by atoms with van der Waals surface area (Å²) in [5, 5.41) is 13.6. The van der Waals surface area contributed by atoms with Crippen molar-refractivity contribution >= 4 is 43.7 Å². The van der Waals surface area contributed by atoms with E-state index < -0.39 is 17.3 Å². The van der Waals surface area contributed by atoms with Crippen molar-refractivity contribution in [3.63, 3.8) is 0 Å². The number of aromatic nitrogens is 1. The molecule has 2 heterocycles. The van der Waals surface area contributed by atoms with Gasteiger partial charge in [-0.25, -0.2) is 4.39 Å². The Balaban J connectivity index is 1.78. The Morgan fingerprint density at radius 2 is 2.28 bits per heavy atom. The van der Waals surface area contributed by atoms with Gasteiger partial charge in [-0.2, -0.15) is 17.0 Å². The largest absolute Gasteiger partial charge is 0.435 e. The first kappa shape index (κ1) is 22.7. The minimum Gasteiger partial charge on any atom is -0.420 e. The zero-order chi connectivity index (χ0) is 21.1. The van der Waals surface area contributed by atoms with Gasteiger partial charge in [0.2, 0.25) is 6.23 Å². The van der Waals surface area contributed by atoms with Crippen LogP contribution in [0.4, 0.5) is 10.1 Å². The summed E-state index contributed by atoms with van der Waals surface area (Å²) in [6, 6.07) is 1.93. The fourth-order valence-electron chi connectivity index (χ4n) is 3.10. The molecule has 1 fully saturated rings. The number of allylic oxidation sites excluding steroid dienone is 1. The Hall–Kier alpha value is -0.955. The van der Waals surface area contributed by atoms with Crippen LogP contribution < -0.4 is 10.4 Å². The van der Waals surface area contributed by atoms with Crippen molar-refractivity contribution in [1.82, 2.24) is 10.4 Å². The number of hydrogen-bond acceptors (Lipinski definition) is 8. The Kier molecular flexibility index (Phi) is 7.76. The average molecular weight is 536 g/mol. The molecule has 0 bridgehead atoms. The van der Waals surface area contributed by atoms with E-state index in [1.165, 1.54) is 11.6 Å². The van der Waals surface area contributed by atoms with Crippen LogP contribution in [0.2, 0.25) is 0 Å². The molecule has 158 valence electrons. The normalized spacial score (nSPS) is 20.3. The van der Waals surface area contributed by atoms with Crippen molar-refractivity contribution in [2.24, 2.45) is 5.92 Å². The van der Waals surface area contributed by atoms with Crippen LogP contribution in [0, 0.1) is 29.9 Å². The fourth-order valence-corrected chi connectivity index (χ4v) is 4.31. The lowest BCUT2D eigenvalue weighted by atomic mass is 10.2. The minimum absolute atomic E-state index is 0.0445. The van der Waals surface area contributed by atoms with Crippen molar-refractivity contribution in [2.45, 2.75) is 39.1 Å². The van der Waals surface area contributed by atoms with Crippen molar-refractivity contribution in [3.05, 3.63) is 45.0 Å². The van der Waals surface area contributed by atoms with E-state index >= 15 is 0 Å². The van der Waals surface area contributed by atoms with Crippen LogP contribution in [0.3, 0.4) is 0 Å². The Labute approximate surface area is 187 Å². The molecule has 12 heteroatoms. The SMILES string of the molecule is COB(I)SCC(F)COC1NN(c2cc(C)cnc2C)C(C2CC2)=C1[N+](=O)[O-]. The van der Waals surface area contributed by atoms with Crippen molar-refractivity contribution in [1.29, 1.82) is 0 Å². The third-order valence-corrected chi connectivity index (χ3v) is 7.23. The summed E-state index contributed by atoms with van der Waals surface area (Å²) in [7, 11) is 1.56. The molecule has 0 amide bonds. The third kappa shape index (κ3) is 5.60. The quantitative estimate of drug-likeness (QED) is 0.211. The first-order valence-electron chi connectivity index (χ1n) is 9.24. The summed E-state index contributed by atoms with van der Waals surface area (Å²) >= 11 is 3.38. The highest BCUT2D eigenvalue weighted by Gasteiger charge is 2.48. The maximum Gasteiger partial charge on any atom is 0.435 e. The molecule has 2 atom stereocenters. The number of nitrogens with zero attached hydrogens (tertiary/aromatic N) is 3. The molecule has 8 nitrogen and oxygen atoms in total. The first-order valence-corrected chi connectivity index (χ1v) is 11.5. The van der Waals surface area contributed by atoms with Gasteiger partial charge in [-0.05, 0) is 38.3 Å². The molecule has 2 aliphatic rings. The number of anilines is 1. The lowest BCUT2D eigenvalue weighted by Crippen LogP contribution is -2.41. The number of rotatable bonds is 10. The van der Waals surface area contributed by atoms with Gasteiger partial charge in [0, 0.05) is 25.0 Å². The number of aryl methyl sites for hydroxylation is 2. The van der Waals surface area contributed by atoms with E-state index in [0.29, 0.717) is 5.70 Å². The zero-order valence-electron chi connectivity index (χ0n) is 16.4. The molecular weight excluding hydrogens is 513 g/mol. The van der Waals surface area contributed by atoms with Crippen LogP contribution in [-0.2, 0) is 9.39 Å². The van der Waals surface area contributed by atoms with Crippen LogP contribution >= 0.6 is 34.0 Å². The highest BCUT2D eigenvalue weighted by Crippen LogP contribution is 2.44. The Morgan fingerprint density at radius 1 is 1.55 bits per heavy atom. The molecule has 1 N–H and O–H groups in total. The van der Waals surface area contributed by atoms with Gasteiger partial charge in [-0.1, -0.05) is 22.4 Å². The van der Waals surface area contributed by atoms with Crippen LogP contribution in [0.5, 0.6) is 0 Å². The van der Waals surface area contributed by atoms with E-state index in [9.17, 15) is 14.5 Å². The second kappa shape index (κ2) is 9.90. The van der Waals surface area contributed by atoms with Crippen LogP contribution in [0.1, 0.15) is 24.1 Å². The smallest absolute Gasteiger partial charge is 0.420 e. The number of halogens is 2. The molecule has 1 aliphatic heterocycles.